The molecule has 4 unspecified atom stereocenters. The molecule has 0 saturated carbocycles. The molecular weight excluding hydrogens is 336 g/mol. The first-order valence-electron chi connectivity index (χ1n) is 9.76. The average Bonchev–Trinajstić information content (AvgIpc) is 3.41. The molecule has 0 spiro atoms. The van der Waals surface area contributed by atoms with E-state index in [1.807, 2.05) is 6.92 Å². The van der Waals surface area contributed by atoms with Gasteiger partial charge >= 0.3 is 6.03 Å². The van der Waals surface area contributed by atoms with Crippen molar-refractivity contribution in [1.29, 1.82) is 0 Å². The Hall–Kier alpha value is -1.47. The zero-order valence-corrected chi connectivity index (χ0v) is 15.7. The van der Waals surface area contributed by atoms with Crippen LogP contribution in [-0.2, 0) is 19.1 Å². The van der Waals surface area contributed by atoms with E-state index >= 15 is 0 Å². The predicted octanol–water partition coefficient (Wildman–Crippen LogP) is 2.14. The summed E-state index contributed by atoms with van der Waals surface area (Å²) in [5, 5.41) is 4.53. The molecule has 0 bridgehead atoms. The molecule has 7 heteroatoms. The highest BCUT2D eigenvalue weighted by molar-refractivity contribution is 6.16. The van der Waals surface area contributed by atoms with Crippen molar-refractivity contribution in [3.05, 3.63) is 0 Å². The molecule has 0 aromatic rings. The number of imide groups is 2. The highest BCUT2D eigenvalue weighted by Gasteiger charge is 2.47. The van der Waals surface area contributed by atoms with Crippen LogP contribution in [0.25, 0.3) is 0 Å². The second-order valence-corrected chi connectivity index (χ2v) is 8.44. The Balaban J connectivity index is 1.61. The molecule has 3 aliphatic heterocycles. The van der Waals surface area contributed by atoms with Crippen LogP contribution in [0.4, 0.5) is 4.79 Å². The largest absolute Gasteiger partial charge is 0.373 e. The Morgan fingerprint density at radius 1 is 1.04 bits per heavy atom. The molecule has 3 saturated heterocycles. The van der Waals surface area contributed by atoms with E-state index in [4.69, 9.17) is 9.47 Å². The fourth-order valence-corrected chi connectivity index (χ4v) is 4.31. The molecule has 7 nitrogen and oxygen atoms in total. The lowest BCUT2D eigenvalue weighted by Crippen LogP contribution is -2.60. The minimum absolute atomic E-state index is 0.339. The summed E-state index contributed by atoms with van der Waals surface area (Å²) in [4.78, 5) is 36.3. The van der Waals surface area contributed by atoms with Crippen molar-refractivity contribution in [1.82, 2.24) is 10.6 Å². The minimum Gasteiger partial charge on any atom is -0.373 e. The van der Waals surface area contributed by atoms with Crippen molar-refractivity contribution in [2.75, 3.05) is 13.2 Å². The molecule has 3 rings (SSSR count). The summed E-state index contributed by atoms with van der Waals surface area (Å²) < 4.78 is 10.5. The number of ether oxygens (including phenoxy) is 2. The van der Waals surface area contributed by atoms with Gasteiger partial charge in [-0.3, -0.25) is 20.2 Å². The smallest absolute Gasteiger partial charge is 0.328 e. The van der Waals surface area contributed by atoms with Gasteiger partial charge in [0, 0.05) is 0 Å². The van der Waals surface area contributed by atoms with E-state index in [1.54, 1.807) is 0 Å². The number of epoxide rings is 2. The number of hydrogen-bond acceptors (Lipinski definition) is 5. The fourth-order valence-electron chi connectivity index (χ4n) is 4.31. The highest BCUT2D eigenvalue weighted by atomic mass is 16.6. The van der Waals surface area contributed by atoms with Gasteiger partial charge in [0.1, 0.15) is 5.92 Å². The Bertz CT molecular complexity index is 538. The van der Waals surface area contributed by atoms with Crippen LogP contribution >= 0.6 is 0 Å². The summed E-state index contributed by atoms with van der Waals surface area (Å²) >= 11 is 0. The monoisotopic (exact) mass is 366 g/mol. The predicted molar refractivity (Wildman–Crippen MR) is 94.2 cm³/mol. The third-order valence-electron chi connectivity index (χ3n) is 5.81. The van der Waals surface area contributed by atoms with Crippen LogP contribution < -0.4 is 10.6 Å². The maximum absolute atomic E-state index is 12.4. The van der Waals surface area contributed by atoms with E-state index in [0.717, 1.165) is 58.2 Å². The van der Waals surface area contributed by atoms with Crippen LogP contribution in [0.5, 0.6) is 0 Å². The zero-order valence-electron chi connectivity index (χ0n) is 15.7. The molecule has 2 N–H and O–H groups in total. The Kier molecular flexibility index (Phi) is 5.97. The first-order valence-corrected chi connectivity index (χ1v) is 9.76. The van der Waals surface area contributed by atoms with E-state index in [1.165, 1.54) is 0 Å². The molecule has 0 aromatic carbocycles. The number of carbonyl (C=O) groups excluding carboxylic acids is 3. The van der Waals surface area contributed by atoms with E-state index in [2.05, 4.69) is 17.6 Å². The lowest BCUT2D eigenvalue weighted by atomic mass is 9.66. The average molecular weight is 366 g/mol. The van der Waals surface area contributed by atoms with Crippen molar-refractivity contribution < 1.29 is 23.9 Å². The van der Waals surface area contributed by atoms with Gasteiger partial charge in [0.2, 0.25) is 11.8 Å². The van der Waals surface area contributed by atoms with E-state index in [0.29, 0.717) is 18.1 Å². The zero-order chi connectivity index (χ0) is 18.7. The third-order valence-corrected chi connectivity index (χ3v) is 5.81. The van der Waals surface area contributed by atoms with E-state index < -0.39 is 29.2 Å². The SMILES string of the molecule is CC(CCCC1CO1)CC(C)(CCCC1CO1)C1C(=O)NC(=O)NC1=O. The number of barbiturate groups is 1. The standard InChI is InChI=1S/C19H30N2O5/c1-12(5-3-6-13-10-25-13)9-19(2,8-4-7-14-11-26-14)15-16(22)20-18(24)21-17(15)23/h12-15H,3-11H2,1-2H3,(H2,20,21,22,23,24). The Morgan fingerprint density at radius 2 is 1.58 bits per heavy atom. The van der Waals surface area contributed by atoms with Gasteiger partial charge in [-0.05, 0) is 37.0 Å². The van der Waals surface area contributed by atoms with Crippen molar-refractivity contribution in [2.45, 2.75) is 71.0 Å². The van der Waals surface area contributed by atoms with Crippen LogP contribution in [0.15, 0.2) is 0 Å². The maximum Gasteiger partial charge on any atom is 0.328 e. The summed E-state index contributed by atoms with van der Waals surface area (Å²) in [6.45, 7) is 5.89. The molecular formula is C19H30N2O5. The normalized spacial score (nSPS) is 28.9. The molecule has 0 aliphatic carbocycles. The number of hydrogen-bond donors (Lipinski definition) is 2. The number of rotatable bonds is 11. The fraction of sp³-hybridized carbons (Fsp3) is 0.842. The molecule has 26 heavy (non-hydrogen) atoms. The summed E-state index contributed by atoms with van der Waals surface area (Å²) in [7, 11) is 0. The van der Waals surface area contributed by atoms with Crippen molar-refractivity contribution in [3.63, 3.8) is 0 Å². The van der Waals surface area contributed by atoms with Gasteiger partial charge in [-0.1, -0.05) is 33.1 Å². The van der Waals surface area contributed by atoms with Crippen LogP contribution in [-0.4, -0.2) is 43.3 Å². The van der Waals surface area contributed by atoms with Crippen molar-refractivity contribution in [2.24, 2.45) is 17.3 Å². The number of nitrogens with one attached hydrogen (secondary N) is 2. The van der Waals surface area contributed by atoms with Gasteiger partial charge < -0.3 is 9.47 Å². The minimum atomic E-state index is -0.825. The number of urea groups is 1. The first kappa shape index (κ1) is 19.3. The van der Waals surface area contributed by atoms with Crippen LogP contribution in [0.1, 0.15) is 58.8 Å². The van der Waals surface area contributed by atoms with Crippen LogP contribution in [0.3, 0.4) is 0 Å². The van der Waals surface area contributed by atoms with Gasteiger partial charge in [0.05, 0.1) is 25.4 Å². The quantitative estimate of drug-likeness (QED) is 0.431. The maximum atomic E-state index is 12.4. The molecule has 3 fully saturated rings. The molecule has 146 valence electrons. The second-order valence-electron chi connectivity index (χ2n) is 8.44. The molecule has 3 heterocycles. The van der Waals surface area contributed by atoms with Crippen molar-refractivity contribution in [3.8, 4) is 0 Å². The summed E-state index contributed by atoms with van der Waals surface area (Å²) in [5.41, 5.74) is -0.473. The third kappa shape index (κ3) is 5.27. The number of carbonyl (C=O) groups is 3. The van der Waals surface area contributed by atoms with Gasteiger partial charge in [0.25, 0.3) is 0 Å². The number of amides is 4. The van der Waals surface area contributed by atoms with Crippen LogP contribution in [0, 0.1) is 17.3 Å². The lowest BCUT2D eigenvalue weighted by Gasteiger charge is -2.39. The Morgan fingerprint density at radius 3 is 2.12 bits per heavy atom. The van der Waals surface area contributed by atoms with Gasteiger partial charge in [0.15, 0.2) is 0 Å². The molecule has 0 aromatic heterocycles. The van der Waals surface area contributed by atoms with Crippen LogP contribution in [0.2, 0.25) is 0 Å². The summed E-state index contributed by atoms with van der Waals surface area (Å²) in [6.07, 6.45) is 7.42. The Labute approximate surface area is 154 Å². The van der Waals surface area contributed by atoms with Gasteiger partial charge in [-0.15, -0.1) is 0 Å². The first-order chi connectivity index (χ1) is 12.4. The molecule has 0 radical (unpaired) electrons. The molecule has 3 aliphatic rings. The van der Waals surface area contributed by atoms with Crippen molar-refractivity contribution >= 4 is 17.8 Å². The summed E-state index contributed by atoms with van der Waals surface area (Å²) in [5.74, 6) is -1.37. The van der Waals surface area contributed by atoms with Gasteiger partial charge in [-0.2, -0.15) is 0 Å². The molecule has 4 amide bonds. The van der Waals surface area contributed by atoms with Gasteiger partial charge in [-0.25, -0.2) is 4.79 Å². The second kappa shape index (κ2) is 8.05. The van der Waals surface area contributed by atoms with E-state index in [9.17, 15) is 14.4 Å². The lowest BCUT2D eigenvalue weighted by molar-refractivity contribution is -0.142. The summed E-state index contributed by atoms with van der Waals surface area (Å²) in [6, 6.07) is -0.720. The highest BCUT2D eigenvalue weighted by Crippen LogP contribution is 2.42. The molecule has 4 atom stereocenters. The van der Waals surface area contributed by atoms with E-state index in [-0.39, 0.29) is 0 Å². The topological polar surface area (TPSA) is 100 Å².